The Kier molecular flexibility index (Phi) is 5.84. The van der Waals surface area contributed by atoms with Crippen molar-refractivity contribution in [1.29, 1.82) is 0 Å². The molecule has 3 heteroatoms. The summed E-state index contributed by atoms with van der Waals surface area (Å²) in [7, 11) is -1.60. The Labute approximate surface area is 120 Å². The summed E-state index contributed by atoms with van der Waals surface area (Å²) in [5.74, 6) is 0.649. The predicted octanol–water partition coefficient (Wildman–Crippen LogP) is 4.77. The van der Waals surface area contributed by atoms with Crippen LogP contribution in [0.1, 0.15) is 47.0 Å². The maximum Gasteiger partial charge on any atom is 0.191 e. The molecule has 1 fully saturated rings. The van der Waals surface area contributed by atoms with E-state index in [0.717, 1.165) is 19.4 Å². The van der Waals surface area contributed by atoms with E-state index in [2.05, 4.69) is 47.4 Å². The van der Waals surface area contributed by atoms with Gasteiger partial charge in [0.05, 0.1) is 12.2 Å². The first-order chi connectivity index (χ1) is 8.67. The van der Waals surface area contributed by atoms with Crippen LogP contribution in [0.2, 0.25) is 18.1 Å². The molecular formula is C16H32O2Si. The highest BCUT2D eigenvalue weighted by molar-refractivity contribution is 6.74. The minimum absolute atomic E-state index is 0.294. The van der Waals surface area contributed by atoms with Crippen molar-refractivity contribution in [2.45, 2.75) is 77.3 Å². The first-order valence-corrected chi connectivity index (χ1v) is 10.5. The van der Waals surface area contributed by atoms with Gasteiger partial charge in [-0.25, -0.2) is 0 Å². The van der Waals surface area contributed by atoms with Crippen LogP contribution in [0, 0.1) is 5.92 Å². The topological polar surface area (TPSA) is 18.5 Å². The normalized spacial score (nSPS) is 28.6. The number of rotatable bonds is 6. The summed E-state index contributed by atoms with van der Waals surface area (Å²) in [6.45, 7) is 18.4. The van der Waals surface area contributed by atoms with Crippen molar-refractivity contribution in [3.05, 3.63) is 12.7 Å². The molecule has 0 radical (unpaired) electrons. The van der Waals surface area contributed by atoms with Gasteiger partial charge in [0.25, 0.3) is 0 Å². The maximum atomic E-state index is 6.23. The summed E-state index contributed by atoms with van der Waals surface area (Å²) in [6, 6.07) is 0. The number of hydrogen-bond donors (Lipinski definition) is 0. The zero-order chi connectivity index (χ0) is 14.7. The molecule has 1 saturated heterocycles. The minimum Gasteiger partial charge on any atom is -0.417 e. The maximum absolute atomic E-state index is 6.23. The molecule has 1 rings (SSSR count). The summed E-state index contributed by atoms with van der Waals surface area (Å²) in [6.07, 6.45) is 5.89. The standard InChI is InChI=1S/C16H32O2Si/c1-8-9-15-13(2)12-14(18-15)10-11-17-19(6,7)16(3,4)5/h8,13-15H,1,9-12H2,2-7H3/t13-,14-,15-/m0/s1. The van der Waals surface area contributed by atoms with Gasteiger partial charge in [0.1, 0.15) is 0 Å². The third kappa shape index (κ3) is 4.73. The third-order valence-electron chi connectivity index (χ3n) is 4.74. The molecule has 0 N–H and O–H groups in total. The van der Waals surface area contributed by atoms with E-state index >= 15 is 0 Å². The summed E-state index contributed by atoms with van der Waals surface area (Å²) in [5, 5.41) is 0.294. The second kappa shape index (κ2) is 6.55. The van der Waals surface area contributed by atoms with Crippen LogP contribution in [-0.2, 0) is 9.16 Å². The molecule has 0 aromatic rings. The SMILES string of the molecule is C=CC[C@@H]1O[C@@H](CCO[Si](C)(C)C(C)(C)C)C[C@@H]1C. The van der Waals surface area contributed by atoms with Gasteiger partial charge in [0.15, 0.2) is 8.32 Å². The highest BCUT2D eigenvalue weighted by Crippen LogP contribution is 2.37. The van der Waals surface area contributed by atoms with E-state index in [-0.39, 0.29) is 0 Å². The van der Waals surface area contributed by atoms with Crippen LogP contribution >= 0.6 is 0 Å². The molecule has 2 nitrogen and oxygen atoms in total. The van der Waals surface area contributed by atoms with Crippen LogP contribution < -0.4 is 0 Å². The molecule has 0 aromatic carbocycles. The lowest BCUT2D eigenvalue weighted by Gasteiger charge is -2.36. The zero-order valence-electron chi connectivity index (χ0n) is 13.7. The van der Waals surface area contributed by atoms with Crippen LogP contribution in [0.15, 0.2) is 12.7 Å². The van der Waals surface area contributed by atoms with Crippen molar-refractivity contribution in [3.63, 3.8) is 0 Å². The van der Waals surface area contributed by atoms with E-state index in [0.29, 0.717) is 23.2 Å². The molecule has 112 valence electrons. The molecule has 0 amide bonds. The van der Waals surface area contributed by atoms with Crippen LogP contribution in [0.25, 0.3) is 0 Å². The second-order valence-electron chi connectivity index (χ2n) is 7.43. The molecule has 19 heavy (non-hydrogen) atoms. The summed E-state index contributed by atoms with van der Waals surface area (Å²) < 4.78 is 12.3. The summed E-state index contributed by atoms with van der Waals surface area (Å²) in [4.78, 5) is 0. The lowest BCUT2D eigenvalue weighted by Crippen LogP contribution is -2.41. The Hall–Kier alpha value is -0.123. The van der Waals surface area contributed by atoms with Gasteiger partial charge in [-0.05, 0) is 43.3 Å². The largest absolute Gasteiger partial charge is 0.417 e. The molecular weight excluding hydrogens is 252 g/mol. The molecule has 0 spiro atoms. The van der Waals surface area contributed by atoms with Gasteiger partial charge < -0.3 is 9.16 Å². The lowest BCUT2D eigenvalue weighted by atomic mass is 9.99. The Bertz CT molecular complexity index is 294. The van der Waals surface area contributed by atoms with E-state index in [1.165, 1.54) is 6.42 Å². The van der Waals surface area contributed by atoms with Crippen molar-refractivity contribution < 1.29 is 9.16 Å². The van der Waals surface area contributed by atoms with Crippen LogP contribution in [0.5, 0.6) is 0 Å². The fourth-order valence-corrected chi connectivity index (χ4v) is 3.36. The fraction of sp³-hybridized carbons (Fsp3) is 0.875. The molecule has 1 heterocycles. The van der Waals surface area contributed by atoms with Crippen LogP contribution in [0.4, 0.5) is 0 Å². The van der Waals surface area contributed by atoms with Crippen LogP contribution in [-0.4, -0.2) is 27.1 Å². The average Bonchev–Trinajstić information content (AvgIpc) is 2.58. The number of ether oxygens (including phenoxy) is 1. The predicted molar refractivity (Wildman–Crippen MR) is 85.0 cm³/mol. The van der Waals surface area contributed by atoms with Gasteiger partial charge in [-0.1, -0.05) is 33.8 Å². The van der Waals surface area contributed by atoms with E-state index in [1.54, 1.807) is 0 Å². The quantitative estimate of drug-likeness (QED) is 0.517. The van der Waals surface area contributed by atoms with Gasteiger partial charge in [0, 0.05) is 6.61 Å². The summed E-state index contributed by atoms with van der Waals surface area (Å²) >= 11 is 0. The zero-order valence-corrected chi connectivity index (χ0v) is 14.7. The van der Waals surface area contributed by atoms with E-state index < -0.39 is 8.32 Å². The Morgan fingerprint density at radius 2 is 2.00 bits per heavy atom. The Balaban J connectivity index is 2.33. The van der Waals surface area contributed by atoms with E-state index in [1.807, 2.05) is 6.08 Å². The van der Waals surface area contributed by atoms with Crippen molar-refractivity contribution in [3.8, 4) is 0 Å². The molecule has 0 bridgehead atoms. The Morgan fingerprint density at radius 3 is 2.53 bits per heavy atom. The summed E-state index contributed by atoms with van der Waals surface area (Å²) in [5.41, 5.74) is 0. The average molecular weight is 285 g/mol. The number of hydrogen-bond acceptors (Lipinski definition) is 2. The molecule has 3 atom stereocenters. The second-order valence-corrected chi connectivity index (χ2v) is 12.2. The molecule has 0 unspecified atom stereocenters. The van der Waals surface area contributed by atoms with Gasteiger partial charge in [-0.2, -0.15) is 0 Å². The monoisotopic (exact) mass is 284 g/mol. The van der Waals surface area contributed by atoms with Crippen molar-refractivity contribution in [1.82, 2.24) is 0 Å². The van der Waals surface area contributed by atoms with Gasteiger partial charge in [0.2, 0.25) is 0 Å². The molecule has 0 aliphatic carbocycles. The van der Waals surface area contributed by atoms with Crippen molar-refractivity contribution in [2.75, 3.05) is 6.61 Å². The molecule has 0 aromatic heterocycles. The van der Waals surface area contributed by atoms with Crippen LogP contribution in [0.3, 0.4) is 0 Å². The first kappa shape index (κ1) is 16.9. The third-order valence-corrected chi connectivity index (χ3v) is 9.28. The van der Waals surface area contributed by atoms with E-state index in [4.69, 9.17) is 9.16 Å². The smallest absolute Gasteiger partial charge is 0.191 e. The van der Waals surface area contributed by atoms with Gasteiger partial charge >= 0.3 is 0 Å². The van der Waals surface area contributed by atoms with Gasteiger partial charge in [-0.15, -0.1) is 6.58 Å². The highest BCUT2D eigenvalue weighted by atomic mass is 28.4. The molecule has 0 saturated carbocycles. The van der Waals surface area contributed by atoms with E-state index in [9.17, 15) is 0 Å². The first-order valence-electron chi connectivity index (χ1n) is 7.57. The lowest BCUT2D eigenvalue weighted by molar-refractivity contribution is 0.0266. The minimum atomic E-state index is -1.60. The highest BCUT2D eigenvalue weighted by Gasteiger charge is 2.37. The molecule has 1 aliphatic rings. The Morgan fingerprint density at radius 1 is 1.37 bits per heavy atom. The van der Waals surface area contributed by atoms with Gasteiger partial charge in [-0.3, -0.25) is 0 Å². The molecule has 1 aliphatic heterocycles. The van der Waals surface area contributed by atoms with Crippen molar-refractivity contribution >= 4 is 8.32 Å². The van der Waals surface area contributed by atoms with Crippen molar-refractivity contribution in [2.24, 2.45) is 5.92 Å². The fourth-order valence-electron chi connectivity index (χ4n) is 2.30.